The van der Waals surface area contributed by atoms with E-state index in [2.05, 4.69) is 43.3 Å². The first-order chi connectivity index (χ1) is 12.3. The zero-order chi connectivity index (χ0) is 16.8. The van der Waals surface area contributed by atoms with E-state index in [9.17, 15) is 0 Å². The van der Waals surface area contributed by atoms with Crippen molar-refractivity contribution in [1.29, 1.82) is 0 Å². The molecule has 1 aromatic heterocycles. The second-order valence-electron chi connectivity index (χ2n) is 6.54. The van der Waals surface area contributed by atoms with E-state index in [4.69, 9.17) is 14.3 Å². The molecule has 0 spiro atoms. The van der Waals surface area contributed by atoms with Crippen molar-refractivity contribution in [1.82, 2.24) is 5.01 Å². The molecule has 4 nitrogen and oxygen atoms in total. The number of hydrogen-bond acceptors (Lipinski definition) is 4. The Morgan fingerprint density at radius 2 is 1.84 bits per heavy atom. The summed E-state index contributed by atoms with van der Waals surface area (Å²) in [6, 6.07) is 20.7. The van der Waals surface area contributed by atoms with Crippen LogP contribution in [0.3, 0.4) is 0 Å². The number of ether oxygens (including phenoxy) is 1. The zero-order valence-corrected chi connectivity index (χ0v) is 13.9. The van der Waals surface area contributed by atoms with Gasteiger partial charge < -0.3 is 9.15 Å². The highest BCUT2D eigenvalue weighted by molar-refractivity contribution is 6.02. The van der Waals surface area contributed by atoms with Gasteiger partial charge in [-0.25, -0.2) is 5.01 Å². The predicted molar refractivity (Wildman–Crippen MR) is 95.4 cm³/mol. The lowest BCUT2D eigenvalue weighted by Crippen LogP contribution is -2.33. The molecule has 0 saturated carbocycles. The number of hydrogen-bond donors (Lipinski definition) is 0. The summed E-state index contributed by atoms with van der Waals surface area (Å²) in [6.07, 6.45) is 2.20. The molecule has 2 atom stereocenters. The van der Waals surface area contributed by atoms with E-state index >= 15 is 0 Å². The average molecular weight is 330 g/mol. The minimum absolute atomic E-state index is 0.163. The number of hydrazone groups is 1. The Kier molecular flexibility index (Phi) is 3.17. The fraction of sp³-hybridized carbons (Fsp3) is 0.190. The largest absolute Gasteiger partial charge is 0.463 e. The monoisotopic (exact) mass is 330 g/mol. The molecule has 3 aromatic rings. The van der Waals surface area contributed by atoms with Crippen LogP contribution in [0.2, 0.25) is 0 Å². The van der Waals surface area contributed by atoms with Crippen LogP contribution in [0.5, 0.6) is 5.75 Å². The quantitative estimate of drug-likeness (QED) is 0.675. The number of para-hydroxylation sites is 1. The lowest BCUT2D eigenvalue weighted by molar-refractivity contribution is -0.0325. The number of nitrogens with zero attached hydrogens (tertiary/aromatic N) is 2. The molecule has 25 heavy (non-hydrogen) atoms. The summed E-state index contributed by atoms with van der Waals surface area (Å²) in [5.74, 6) is 1.68. The van der Waals surface area contributed by atoms with Crippen LogP contribution in [0.4, 0.5) is 0 Å². The van der Waals surface area contributed by atoms with E-state index in [1.165, 1.54) is 11.1 Å². The van der Waals surface area contributed by atoms with Crippen molar-refractivity contribution in [2.24, 2.45) is 5.10 Å². The van der Waals surface area contributed by atoms with Crippen molar-refractivity contribution >= 4 is 5.71 Å². The Hall–Kier alpha value is -3.01. The van der Waals surface area contributed by atoms with Crippen molar-refractivity contribution in [2.75, 3.05) is 0 Å². The number of rotatable bonds is 2. The first kappa shape index (κ1) is 14.3. The molecule has 124 valence electrons. The van der Waals surface area contributed by atoms with Crippen LogP contribution in [0.25, 0.3) is 0 Å². The Bertz CT molecular complexity index is 929. The number of furan rings is 1. The molecular formula is C21H18N2O2. The molecule has 0 amide bonds. The second-order valence-corrected chi connectivity index (χ2v) is 6.54. The van der Waals surface area contributed by atoms with Crippen LogP contribution in [0, 0.1) is 6.92 Å². The third kappa shape index (κ3) is 2.33. The van der Waals surface area contributed by atoms with Crippen molar-refractivity contribution in [3.63, 3.8) is 0 Å². The normalized spacial score (nSPS) is 21.3. The van der Waals surface area contributed by atoms with Gasteiger partial charge >= 0.3 is 0 Å². The van der Waals surface area contributed by atoms with Gasteiger partial charge in [0, 0.05) is 12.0 Å². The van der Waals surface area contributed by atoms with Crippen molar-refractivity contribution in [3.8, 4) is 5.75 Å². The lowest BCUT2D eigenvalue weighted by Gasteiger charge is -2.36. The van der Waals surface area contributed by atoms with E-state index in [1.54, 1.807) is 6.26 Å². The minimum atomic E-state index is -0.335. The van der Waals surface area contributed by atoms with Gasteiger partial charge in [0.2, 0.25) is 6.23 Å². The summed E-state index contributed by atoms with van der Waals surface area (Å²) in [4.78, 5) is 0. The van der Waals surface area contributed by atoms with Crippen LogP contribution in [0.1, 0.15) is 41.1 Å². The van der Waals surface area contributed by atoms with Crippen LogP contribution >= 0.6 is 0 Å². The first-order valence-corrected chi connectivity index (χ1v) is 8.51. The van der Waals surface area contributed by atoms with Crippen molar-refractivity contribution in [3.05, 3.63) is 89.4 Å². The number of benzene rings is 2. The molecule has 2 aliphatic heterocycles. The van der Waals surface area contributed by atoms with E-state index in [0.29, 0.717) is 0 Å². The van der Waals surface area contributed by atoms with Gasteiger partial charge in [-0.15, -0.1) is 0 Å². The molecule has 0 bridgehead atoms. The summed E-state index contributed by atoms with van der Waals surface area (Å²) >= 11 is 0. The Morgan fingerprint density at radius 1 is 1.00 bits per heavy atom. The summed E-state index contributed by atoms with van der Waals surface area (Å²) < 4.78 is 11.8. The van der Waals surface area contributed by atoms with Crippen molar-refractivity contribution < 1.29 is 9.15 Å². The molecule has 0 fully saturated rings. The number of aryl methyl sites for hydroxylation is 1. The van der Waals surface area contributed by atoms with Crippen LogP contribution in [-0.2, 0) is 0 Å². The van der Waals surface area contributed by atoms with Crippen LogP contribution in [0.15, 0.2) is 76.4 Å². The number of fused-ring (bicyclic) bond motifs is 3. The molecule has 2 aromatic carbocycles. The van der Waals surface area contributed by atoms with E-state index in [-0.39, 0.29) is 12.3 Å². The maximum Gasteiger partial charge on any atom is 0.246 e. The Balaban J connectivity index is 1.59. The van der Waals surface area contributed by atoms with E-state index < -0.39 is 0 Å². The summed E-state index contributed by atoms with van der Waals surface area (Å²) in [5.41, 5.74) is 4.68. The van der Waals surface area contributed by atoms with E-state index in [1.807, 2.05) is 29.3 Å². The lowest BCUT2D eigenvalue weighted by atomic mass is 9.96. The van der Waals surface area contributed by atoms with Gasteiger partial charge in [-0.2, -0.15) is 5.10 Å². The maximum atomic E-state index is 6.22. The SMILES string of the molecule is Cc1ccc(C2=NN3[C@@H](C2)c2ccccc2O[C@H]3c2ccco2)cc1. The van der Waals surface area contributed by atoms with Gasteiger partial charge in [-0.05, 0) is 30.7 Å². The first-order valence-electron chi connectivity index (χ1n) is 8.51. The van der Waals surface area contributed by atoms with Crippen LogP contribution < -0.4 is 4.74 Å². The molecule has 2 aliphatic rings. The molecule has 0 aliphatic carbocycles. The fourth-order valence-electron chi connectivity index (χ4n) is 3.57. The average Bonchev–Trinajstić information content (AvgIpc) is 3.32. The van der Waals surface area contributed by atoms with Gasteiger partial charge in [-0.3, -0.25) is 0 Å². The van der Waals surface area contributed by atoms with Crippen molar-refractivity contribution in [2.45, 2.75) is 25.6 Å². The molecular weight excluding hydrogens is 312 g/mol. The highest BCUT2D eigenvalue weighted by atomic mass is 16.5. The highest BCUT2D eigenvalue weighted by Crippen LogP contribution is 2.47. The molecule has 0 N–H and O–H groups in total. The molecule has 0 unspecified atom stereocenters. The third-order valence-electron chi connectivity index (χ3n) is 4.87. The fourth-order valence-corrected chi connectivity index (χ4v) is 3.57. The second kappa shape index (κ2) is 5.52. The van der Waals surface area contributed by atoms with Gasteiger partial charge in [0.25, 0.3) is 0 Å². The highest BCUT2D eigenvalue weighted by Gasteiger charge is 2.41. The zero-order valence-electron chi connectivity index (χ0n) is 13.9. The Labute approximate surface area is 146 Å². The summed E-state index contributed by atoms with van der Waals surface area (Å²) in [5, 5.41) is 6.95. The van der Waals surface area contributed by atoms with Gasteiger partial charge in [0.1, 0.15) is 5.75 Å². The maximum absolute atomic E-state index is 6.22. The third-order valence-corrected chi connectivity index (χ3v) is 4.87. The van der Waals surface area contributed by atoms with E-state index in [0.717, 1.165) is 29.2 Å². The molecule has 4 heteroatoms. The van der Waals surface area contributed by atoms with Gasteiger partial charge in [0.15, 0.2) is 5.76 Å². The smallest absolute Gasteiger partial charge is 0.246 e. The molecule has 5 rings (SSSR count). The topological polar surface area (TPSA) is 38.0 Å². The summed E-state index contributed by atoms with van der Waals surface area (Å²) in [6.45, 7) is 2.10. The predicted octanol–water partition coefficient (Wildman–Crippen LogP) is 4.83. The van der Waals surface area contributed by atoms with Gasteiger partial charge in [0.05, 0.1) is 18.0 Å². The van der Waals surface area contributed by atoms with Crippen LogP contribution in [-0.4, -0.2) is 10.7 Å². The standard InChI is InChI=1S/C21H18N2O2/c1-14-8-10-15(11-9-14)17-13-18-16-5-2-3-6-19(16)25-21(23(18)22-17)20-7-4-12-24-20/h2-12,18,21H,13H2,1H3/t18-,21-/m0/s1. The minimum Gasteiger partial charge on any atom is -0.463 e. The molecule has 3 heterocycles. The molecule has 0 radical (unpaired) electrons. The van der Waals surface area contributed by atoms with Gasteiger partial charge in [-0.1, -0.05) is 48.0 Å². The summed E-state index contributed by atoms with van der Waals surface area (Å²) in [7, 11) is 0. The Morgan fingerprint density at radius 3 is 2.64 bits per heavy atom. The molecule has 0 saturated heterocycles.